The predicted molar refractivity (Wildman–Crippen MR) is 66.6 cm³/mol. The molecule has 1 radical (unpaired) electrons. The zero-order chi connectivity index (χ0) is 12.8. The zero-order valence-corrected chi connectivity index (χ0v) is 11.1. The first-order valence-corrected chi connectivity index (χ1v) is 6.49. The minimum Gasteiger partial charge on any atom is -0.455 e. The normalized spacial score (nSPS) is 12.4. The molecular weight excluding hydrogens is 220 g/mol. The molecule has 0 spiro atoms. The predicted octanol–water partition coefficient (Wildman–Crippen LogP) is 2.32. The molecule has 0 aromatic rings. The van der Waals surface area contributed by atoms with Gasteiger partial charge in [0.2, 0.25) is 0 Å². The van der Waals surface area contributed by atoms with E-state index < -0.39 is 0 Å². The second kappa shape index (κ2) is 13.5. The third-order valence-corrected chi connectivity index (χ3v) is 2.66. The number of ether oxygens (including phenoxy) is 3. The van der Waals surface area contributed by atoms with Crippen molar-refractivity contribution in [2.75, 3.05) is 33.0 Å². The Kier molecular flexibility index (Phi) is 13.0. The van der Waals surface area contributed by atoms with Crippen LogP contribution in [0.1, 0.15) is 39.5 Å². The summed E-state index contributed by atoms with van der Waals surface area (Å²) in [7, 11) is 0. The summed E-state index contributed by atoms with van der Waals surface area (Å²) in [6.07, 6.45) is 4.94. The maximum Gasteiger partial charge on any atom is 0.417 e. The molecule has 4 heteroatoms. The van der Waals surface area contributed by atoms with Gasteiger partial charge < -0.3 is 14.2 Å². The van der Waals surface area contributed by atoms with Gasteiger partial charge in [0.05, 0.1) is 19.8 Å². The van der Waals surface area contributed by atoms with Crippen molar-refractivity contribution < 1.29 is 19.0 Å². The van der Waals surface area contributed by atoms with E-state index in [2.05, 4.69) is 18.6 Å². The number of hydrogen-bond donors (Lipinski definition) is 0. The number of carbonyl (C=O) groups excluding carboxylic acids is 1. The molecule has 0 rings (SSSR count). The van der Waals surface area contributed by atoms with Crippen LogP contribution in [0.25, 0.3) is 0 Å². The topological polar surface area (TPSA) is 44.8 Å². The van der Waals surface area contributed by atoms with Gasteiger partial charge in [0.1, 0.15) is 6.61 Å². The highest BCUT2D eigenvalue weighted by molar-refractivity contribution is 5.37. The highest BCUT2D eigenvalue weighted by atomic mass is 16.6. The summed E-state index contributed by atoms with van der Waals surface area (Å²) < 4.78 is 15.1. The summed E-state index contributed by atoms with van der Waals surface area (Å²) in [6, 6.07) is 0. The van der Waals surface area contributed by atoms with Gasteiger partial charge in [0.15, 0.2) is 0 Å². The minimum absolute atomic E-state index is 0.261. The summed E-state index contributed by atoms with van der Waals surface area (Å²) >= 11 is 0. The van der Waals surface area contributed by atoms with Gasteiger partial charge in [0.25, 0.3) is 0 Å². The molecule has 0 amide bonds. The average Bonchev–Trinajstić information content (AvgIpc) is 2.36. The van der Waals surface area contributed by atoms with Crippen molar-refractivity contribution in [2.45, 2.75) is 39.5 Å². The fourth-order valence-corrected chi connectivity index (χ4v) is 1.51. The monoisotopic (exact) mass is 245 g/mol. The van der Waals surface area contributed by atoms with Crippen LogP contribution in [0.5, 0.6) is 0 Å². The summed E-state index contributed by atoms with van der Waals surface area (Å²) in [5.41, 5.74) is 0. The molecule has 0 aromatic heterocycles. The molecule has 0 aliphatic rings. The van der Waals surface area contributed by atoms with Crippen molar-refractivity contribution in [1.82, 2.24) is 0 Å². The maximum atomic E-state index is 9.71. The van der Waals surface area contributed by atoms with E-state index >= 15 is 0 Å². The van der Waals surface area contributed by atoms with Crippen molar-refractivity contribution in [2.24, 2.45) is 5.92 Å². The Morgan fingerprint density at radius 1 is 1.06 bits per heavy atom. The first kappa shape index (κ1) is 16.4. The molecule has 0 bridgehead atoms. The van der Waals surface area contributed by atoms with Crippen LogP contribution in [0.4, 0.5) is 0 Å². The van der Waals surface area contributed by atoms with Crippen LogP contribution in [-0.2, 0) is 19.0 Å². The average molecular weight is 245 g/mol. The summed E-state index contributed by atoms with van der Waals surface area (Å²) in [4.78, 5) is 9.71. The van der Waals surface area contributed by atoms with E-state index in [0.717, 1.165) is 6.61 Å². The lowest BCUT2D eigenvalue weighted by Gasteiger charge is -2.14. The molecule has 1 atom stereocenters. The second-order valence-electron chi connectivity index (χ2n) is 4.04. The summed E-state index contributed by atoms with van der Waals surface area (Å²) in [6.45, 7) is 8.40. The summed E-state index contributed by atoms with van der Waals surface area (Å²) in [5.74, 6) is 0.669. The largest absolute Gasteiger partial charge is 0.455 e. The van der Waals surface area contributed by atoms with Crippen LogP contribution in [0.2, 0.25) is 0 Å². The maximum absolute atomic E-state index is 9.71. The fourth-order valence-electron chi connectivity index (χ4n) is 1.51. The molecule has 0 heterocycles. The number of unbranched alkanes of at least 4 members (excludes halogenated alkanes) is 1. The fraction of sp³-hybridized carbons (Fsp3) is 0.923. The molecule has 101 valence electrons. The third kappa shape index (κ3) is 11.6. The molecule has 4 nitrogen and oxygen atoms in total. The second-order valence-corrected chi connectivity index (χ2v) is 4.04. The van der Waals surface area contributed by atoms with E-state index in [1.807, 2.05) is 0 Å². The van der Waals surface area contributed by atoms with Crippen LogP contribution < -0.4 is 0 Å². The number of rotatable bonds is 13. The van der Waals surface area contributed by atoms with Gasteiger partial charge in [0, 0.05) is 6.61 Å². The molecular formula is C13H25O4. The van der Waals surface area contributed by atoms with Crippen molar-refractivity contribution in [3.05, 3.63) is 0 Å². The van der Waals surface area contributed by atoms with E-state index in [4.69, 9.17) is 9.47 Å². The molecule has 0 aliphatic carbocycles. The van der Waals surface area contributed by atoms with Gasteiger partial charge in [-0.3, -0.25) is 0 Å². The lowest BCUT2D eigenvalue weighted by molar-refractivity contribution is 0.0215. The third-order valence-electron chi connectivity index (χ3n) is 2.66. The highest BCUT2D eigenvalue weighted by Gasteiger charge is 2.05. The number of hydrogen-bond acceptors (Lipinski definition) is 4. The molecule has 1 unspecified atom stereocenters. The zero-order valence-electron chi connectivity index (χ0n) is 11.1. The van der Waals surface area contributed by atoms with Crippen LogP contribution in [-0.4, -0.2) is 39.5 Å². The van der Waals surface area contributed by atoms with Crippen molar-refractivity contribution in [1.29, 1.82) is 0 Å². The van der Waals surface area contributed by atoms with Crippen molar-refractivity contribution in [3.63, 3.8) is 0 Å². The van der Waals surface area contributed by atoms with E-state index in [0.29, 0.717) is 25.7 Å². The Morgan fingerprint density at radius 3 is 2.41 bits per heavy atom. The van der Waals surface area contributed by atoms with Gasteiger partial charge in [-0.1, -0.05) is 33.1 Å². The smallest absolute Gasteiger partial charge is 0.417 e. The Hall–Kier alpha value is -0.610. The Balaban J connectivity index is 3.21. The first-order chi connectivity index (χ1) is 8.35. The van der Waals surface area contributed by atoms with Crippen molar-refractivity contribution >= 4 is 6.47 Å². The van der Waals surface area contributed by atoms with E-state index in [9.17, 15) is 4.79 Å². The van der Waals surface area contributed by atoms with Gasteiger partial charge in [-0.15, -0.1) is 0 Å². The van der Waals surface area contributed by atoms with Crippen LogP contribution in [0, 0.1) is 5.92 Å². The Bertz CT molecular complexity index is 161. The first-order valence-electron chi connectivity index (χ1n) is 6.49. The summed E-state index contributed by atoms with van der Waals surface area (Å²) in [5, 5.41) is 0. The molecule has 0 N–H and O–H groups in total. The van der Waals surface area contributed by atoms with Gasteiger partial charge >= 0.3 is 6.47 Å². The molecule has 0 aromatic carbocycles. The van der Waals surface area contributed by atoms with Crippen LogP contribution in [0.15, 0.2) is 0 Å². The van der Waals surface area contributed by atoms with Gasteiger partial charge in [-0.25, -0.2) is 4.79 Å². The minimum atomic E-state index is 0.261. The highest BCUT2D eigenvalue weighted by Crippen LogP contribution is 2.12. The quantitative estimate of drug-likeness (QED) is 0.467. The molecule has 0 saturated carbocycles. The van der Waals surface area contributed by atoms with Crippen molar-refractivity contribution in [3.8, 4) is 0 Å². The Labute approximate surface area is 105 Å². The van der Waals surface area contributed by atoms with E-state index in [-0.39, 0.29) is 6.61 Å². The molecule has 0 saturated heterocycles. The molecule has 0 fully saturated rings. The lowest BCUT2D eigenvalue weighted by atomic mass is 10.0. The Morgan fingerprint density at radius 2 is 1.76 bits per heavy atom. The van der Waals surface area contributed by atoms with Crippen LogP contribution >= 0.6 is 0 Å². The van der Waals surface area contributed by atoms with E-state index in [1.165, 1.54) is 32.2 Å². The van der Waals surface area contributed by atoms with Gasteiger partial charge in [-0.2, -0.15) is 0 Å². The molecule has 0 aliphatic heterocycles. The lowest BCUT2D eigenvalue weighted by Crippen LogP contribution is -2.13. The van der Waals surface area contributed by atoms with Crippen LogP contribution in [0.3, 0.4) is 0 Å². The van der Waals surface area contributed by atoms with E-state index in [1.54, 1.807) is 0 Å². The SMILES string of the molecule is CCCCC(CC)COCCOCCO[C]=O. The standard InChI is InChI=1S/C13H25O4/c1-3-5-6-13(4-2)11-16-9-7-15-8-10-17-12-14/h13H,3-11H2,1-2H3. The van der Waals surface area contributed by atoms with Gasteiger partial charge in [-0.05, 0) is 12.3 Å². The molecule has 17 heavy (non-hydrogen) atoms.